The number of hydrogen-bond donors (Lipinski definition) is 1. The molecule has 3 aromatic rings. The van der Waals surface area contributed by atoms with Crippen molar-refractivity contribution in [3.8, 4) is 11.1 Å². The van der Waals surface area contributed by atoms with Gasteiger partial charge < -0.3 is 10.2 Å². The zero-order chi connectivity index (χ0) is 17.6. The topological polar surface area (TPSA) is 58.1 Å². The van der Waals surface area contributed by atoms with Crippen molar-refractivity contribution in [1.29, 1.82) is 0 Å². The summed E-state index contributed by atoms with van der Waals surface area (Å²) >= 11 is 1.03. The molecule has 0 aliphatic carbocycles. The second kappa shape index (κ2) is 8.00. The van der Waals surface area contributed by atoms with Crippen LogP contribution in [0.25, 0.3) is 11.1 Å². The molecule has 1 N–H and O–H groups in total. The molecule has 0 aliphatic rings. The summed E-state index contributed by atoms with van der Waals surface area (Å²) in [5.41, 5.74) is 4.96. The lowest BCUT2D eigenvalue weighted by atomic mass is 9.98. The molecule has 0 saturated carbocycles. The van der Waals surface area contributed by atoms with Gasteiger partial charge in [-0.25, -0.2) is 0 Å². The number of nitrogens with zero attached hydrogens (tertiary/aromatic N) is 3. The van der Waals surface area contributed by atoms with Gasteiger partial charge in [-0.15, -0.1) is 0 Å². The molecule has 1 amide bonds. The van der Waals surface area contributed by atoms with Crippen LogP contribution in [0.1, 0.15) is 21.6 Å². The Bertz CT molecular complexity index is 829. The van der Waals surface area contributed by atoms with Crippen LogP contribution >= 0.6 is 11.7 Å². The van der Waals surface area contributed by atoms with Crippen molar-refractivity contribution in [3.05, 3.63) is 71.5 Å². The van der Waals surface area contributed by atoms with Gasteiger partial charge in [-0.2, -0.15) is 8.75 Å². The minimum Gasteiger partial charge on any atom is -0.347 e. The average molecular weight is 352 g/mol. The molecule has 0 saturated heterocycles. The molecular weight excluding hydrogens is 332 g/mol. The van der Waals surface area contributed by atoms with Crippen LogP contribution in [0.4, 0.5) is 0 Å². The van der Waals surface area contributed by atoms with E-state index in [1.807, 2.05) is 18.2 Å². The van der Waals surface area contributed by atoms with E-state index in [0.29, 0.717) is 12.2 Å². The number of amides is 1. The first kappa shape index (κ1) is 17.3. The molecule has 25 heavy (non-hydrogen) atoms. The van der Waals surface area contributed by atoms with Gasteiger partial charge in [-0.3, -0.25) is 4.79 Å². The van der Waals surface area contributed by atoms with Crippen molar-refractivity contribution in [2.75, 3.05) is 14.1 Å². The lowest BCUT2D eigenvalue weighted by Gasteiger charge is -2.13. The molecular formula is C19H20N4OS. The third kappa shape index (κ3) is 4.49. The van der Waals surface area contributed by atoms with Crippen molar-refractivity contribution >= 4 is 17.6 Å². The highest BCUT2D eigenvalue weighted by atomic mass is 32.1. The van der Waals surface area contributed by atoms with Gasteiger partial charge in [0.05, 0.1) is 17.9 Å². The van der Waals surface area contributed by atoms with Gasteiger partial charge in [0.1, 0.15) is 0 Å². The Balaban J connectivity index is 1.75. The molecule has 0 radical (unpaired) electrons. The molecule has 0 unspecified atom stereocenters. The monoisotopic (exact) mass is 352 g/mol. The first-order chi connectivity index (χ1) is 12.1. The molecule has 0 fully saturated rings. The van der Waals surface area contributed by atoms with Gasteiger partial charge >= 0.3 is 0 Å². The van der Waals surface area contributed by atoms with Gasteiger partial charge in [-0.05, 0) is 36.3 Å². The van der Waals surface area contributed by atoms with Crippen molar-refractivity contribution < 1.29 is 4.79 Å². The number of carbonyl (C=O) groups excluding carboxylic acids is 1. The average Bonchev–Trinajstić information content (AvgIpc) is 3.15. The second-order valence-electron chi connectivity index (χ2n) is 6.07. The predicted octanol–water partition coefficient (Wildman–Crippen LogP) is 3.20. The SMILES string of the molecule is CN(C)Cc1ccc(-c2ccccc2CNC(=O)c2cnsn2)cc1. The Hall–Kier alpha value is -2.57. The molecule has 1 heterocycles. The van der Waals surface area contributed by atoms with Crippen LogP contribution in [0, 0.1) is 0 Å². The predicted molar refractivity (Wildman–Crippen MR) is 100 cm³/mol. The van der Waals surface area contributed by atoms with Crippen molar-refractivity contribution in [1.82, 2.24) is 19.0 Å². The van der Waals surface area contributed by atoms with Crippen LogP contribution in [0.5, 0.6) is 0 Å². The number of aromatic nitrogens is 2. The maximum absolute atomic E-state index is 12.1. The van der Waals surface area contributed by atoms with Crippen LogP contribution in [-0.2, 0) is 13.1 Å². The number of nitrogens with one attached hydrogen (secondary N) is 1. The fourth-order valence-electron chi connectivity index (χ4n) is 2.64. The van der Waals surface area contributed by atoms with Crippen LogP contribution in [0.3, 0.4) is 0 Å². The van der Waals surface area contributed by atoms with E-state index in [1.165, 1.54) is 11.8 Å². The van der Waals surface area contributed by atoms with Crippen LogP contribution in [-0.4, -0.2) is 33.6 Å². The standard InChI is InChI=1S/C19H20N4OS/c1-23(2)13-14-7-9-15(10-8-14)17-6-4-3-5-16(17)11-20-19(24)18-12-21-25-22-18/h3-10,12H,11,13H2,1-2H3,(H,20,24). The van der Waals surface area contributed by atoms with Crippen molar-refractivity contribution in [2.45, 2.75) is 13.1 Å². The highest BCUT2D eigenvalue weighted by Gasteiger charge is 2.10. The van der Waals surface area contributed by atoms with Crippen molar-refractivity contribution in [3.63, 3.8) is 0 Å². The van der Waals surface area contributed by atoms with Crippen LogP contribution < -0.4 is 5.32 Å². The maximum Gasteiger partial charge on any atom is 0.272 e. The summed E-state index contributed by atoms with van der Waals surface area (Å²) in [4.78, 5) is 14.2. The second-order valence-corrected chi connectivity index (χ2v) is 6.62. The molecule has 6 heteroatoms. The molecule has 128 valence electrons. The molecule has 5 nitrogen and oxygen atoms in total. The molecule has 1 aromatic heterocycles. The van der Waals surface area contributed by atoms with E-state index in [4.69, 9.17) is 0 Å². The third-order valence-corrected chi connectivity index (χ3v) is 4.29. The number of rotatable bonds is 6. The molecule has 0 atom stereocenters. The van der Waals surface area contributed by atoms with E-state index in [1.54, 1.807) is 0 Å². The molecule has 0 bridgehead atoms. The summed E-state index contributed by atoms with van der Waals surface area (Å²) < 4.78 is 7.82. The fraction of sp³-hybridized carbons (Fsp3) is 0.211. The van der Waals surface area contributed by atoms with E-state index < -0.39 is 0 Å². The van der Waals surface area contributed by atoms with Gasteiger partial charge in [0.2, 0.25) is 0 Å². The van der Waals surface area contributed by atoms with E-state index in [0.717, 1.165) is 35.0 Å². The zero-order valence-electron chi connectivity index (χ0n) is 14.3. The molecule has 2 aromatic carbocycles. The van der Waals surface area contributed by atoms with E-state index in [2.05, 4.69) is 63.4 Å². The summed E-state index contributed by atoms with van der Waals surface area (Å²) in [6.07, 6.45) is 1.48. The highest BCUT2D eigenvalue weighted by molar-refractivity contribution is 6.99. The Morgan fingerprint density at radius 1 is 1.12 bits per heavy atom. The Labute approximate surface area is 151 Å². The quantitative estimate of drug-likeness (QED) is 0.740. The minimum absolute atomic E-state index is 0.204. The molecule has 0 aliphatic heterocycles. The largest absolute Gasteiger partial charge is 0.347 e. The first-order valence-corrected chi connectivity index (χ1v) is 8.74. The van der Waals surface area contributed by atoms with Gasteiger partial charge in [-0.1, -0.05) is 48.5 Å². The van der Waals surface area contributed by atoms with Crippen LogP contribution in [0.15, 0.2) is 54.7 Å². The van der Waals surface area contributed by atoms with Crippen molar-refractivity contribution in [2.24, 2.45) is 0 Å². The zero-order valence-corrected chi connectivity index (χ0v) is 15.1. The Morgan fingerprint density at radius 3 is 2.56 bits per heavy atom. The fourth-order valence-corrected chi connectivity index (χ4v) is 3.05. The minimum atomic E-state index is -0.204. The highest BCUT2D eigenvalue weighted by Crippen LogP contribution is 2.24. The maximum atomic E-state index is 12.1. The number of hydrogen-bond acceptors (Lipinski definition) is 5. The van der Waals surface area contributed by atoms with Gasteiger partial charge in [0.25, 0.3) is 5.91 Å². The number of carbonyl (C=O) groups is 1. The van der Waals surface area contributed by atoms with Gasteiger partial charge in [0, 0.05) is 13.1 Å². The summed E-state index contributed by atoms with van der Waals surface area (Å²) in [7, 11) is 4.12. The Morgan fingerprint density at radius 2 is 1.88 bits per heavy atom. The van der Waals surface area contributed by atoms with E-state index >= 15 is 0 Å². The summed E-state index contributed by atoms with van der Waals surface area (Å²) in [5, 5.41) is 2.91. The van der Waals surface area contributed by atoms with Crippen LogP contribution in [0.2, 0.25) is 0 Å². The lowest BCUT2D eigenvalue weighted by Crippen LogP contribution is -2.23. The first-order valence-electron chi connectivity index (χ1n) is 8.01. The third-order valence-electron chi connectivity index (χ3n) is 3.81. The summed E-state index contributed by atoms with van der Waals surface area (Å²) in [5.74, 6) is -0.204. The molecule has 0 spiro atoms. The summed E-state index contributed by atoms with van der Waals surface area (Å²) in [6.45, 7) is 1.37. The lowest BCUT2D eigenvalue weighted by molar-refractivity contribution is 0.0947. The summed E-state index contributed by atoms with van der Waals surface area (Å²) in [6, 6.07) is 16.6. The van der Waals surface area contributed by atoms with E-state index in [9.17, 15) is 4.79 Å². The smallest absolute Gasteiger partial charge is 0.272 e. The van der Waals surface area contributed by atoms with E-state index in [-0.39, 0.29) is 5.91 Å². The molecule has 3 rings (SSSR count). The number of benzene rings is 2. The normalized spacial score (nSPS) is 10.8. The Kier molecular flexibility index (Phi) is 5.53. The van der Waals surface area contributed by atoms with Gasteiger partial charge in [0.15, 0.2) is 5.69 Å².